The van der Waals surface area contributed by atoms with Crippen molar-refractivity contribution in [3.8, 4) is 0 Å². The number of phosphoric acid groups is 3. The number of phosphoric ester groups is 3. The highest BCUT2D eigenvalue weighted by Gasteiger charge is 2.50. The molecule has 0 radical (unpaired) electrons. The van der Waals surface area contributed by atoms with Crippen LogP contribution in [0, 0.1) is 5.41 Å². The number of aliphatic hydroxyl groups is 2. The number of carbonyl (C=O) groups is 2. The summed E-state index contributed by atoms with van der Waals surface area (Å²) in [6, 6.07) is 0. The lowest BCUT2D eigenvalue weighted by molar-refractivity contribution is -0.137. The summed E-state index contributed by atoms with van der Waals surface area (Å²) in [6.07, 6.45) is -6.85. The molecule has 2 amide bonds. The number of carbonyl (C=O) groups excluding carboxylic acids is 2. The van der Waals surface area contributed by atoms with Crippen LogP contribution in [-0.4, -0.2) is 122 Å². The molecule has 1 aliphatic heterocycles. The number of nitrogen functional groups attached to an aromatic ring is 1. The van der Waals surface area contributed by atoms with E-state index in [0.717, 1.165) is 17.2 Å². The van der Waals surface area contributed by atoms with Crippen molar-refractivity contribution in [2.24, 2.45) is 5.41 Å². The van der Waals surface area contributed by atoms with Crippen molar-refractivity contribution in [1.82, 2.24) is 30.2 Å². The third kappa shape index (κ3) is 12.5. The van der Waals surface area contributed by atoms with Crippen LogP contribution < -0.4 is 16.4 Å². The van der Waals surface area contributed by atoms with E-state index < -0.39 is 84.6 Å². The summed E-state index contributed by atoms with van der Waals surface area (Å²) in [5.74, 6) is -1.19. The molecule has 0 bridgehead atoms. The van der Waals surface area contributed by atoms with Gasteiger partial charge in [0.25, 0.3) is 0 Å². The maximum atomic E-state index is 12.6. The van der Waals surface area contributed by atoms with Crippen LogP contribution in [0.3, 0.4) is 0 Å². The van der Waals surface area contributed by atoms with Crippen LogP contribution in [0.25, 0.3) is 11.2 Å². The van der Waals surface area contributed by atoms with Gasteiger partial charge in [0.15, 0.2) is 17.7 Å². The molecule has 286 valence electrons. The number of aromatic nitrogens is 4. The first-order valence-corrected chi connectivity index (χ1v) is 19.3. The minimum Gasteiger partial charge on any atom is -0.386 e. The number of anilines is 1. The largest absolute Gasteiger partial charge is 0.481 e. The Labute approximate surface area is 288 Å². The molecule has 0 saturated carbocycles. The quantitative estimate of drug-likeness (QED) is 0.0474. The second kappa shape index (κ2) is 18.1. The SMILES string of the molecule is C.CC(C)(COP(=O)(O)OP(=O)(O)OC[C@H]1O[C@@H](n2cnc3c(N)ncnc32)[C@H](O)[C@@H]1OP(=O)(O)O)[C@@H](O)C(=O)NCCC(=O)NCCSO. The Morgan fingerprint density at radius 2 is 1.76 bits per heavy atom. The second-order valence-electron chi connectivity index (χ2n) is 10.9. The smallest absolute Gasteiger partial charge is 0.386 e. The summed E-state index contributed by atoms with van der Waals surface area (Å²) >= 11 is 0.534. The Kier molecular flexibility index (Phi) is 15.9. The molecule has 3 heterocycles. The van der Waals surface area contributed by atoms with Crippen LogP contribution in [0.4, 0.5) is 5.82 Å². The highest BCUT2D eigenvalue weighted by molar-refractivity contribution is 7.93. The van der Waals surface area contributed by atoms with Gasteiger partial charge in [0.05, 0.1) is 19.5 Å². The van der Waals surface area contributed by atoms with E-state index in [1.54, 1.807) is 0 Å². The molecule has 2 aromatic rings. The predicted molar refractivity (Wildman–Crippen MR) is 171 cm³/mol. The van der Waals surface area contributed by atoms with Crippen LogP contribution in [0.15, 0.2) is 12.7 Å². The number of aliphatic hydroxyl groups excluding tert-OH is 2. The number of hydrogen-bond acceptors (Lipinski definition) is 18. The van der Waals surface area contributed by atoms with Gasteiger partial charge in [0.2, 0.25) is 11.8 Å². The first-order chi connectivity index (χ1) is 22.7. The first-order valence-electron chi connectivity index (χ1n) is 13.8. The molecule has 24 nitrogen and oxygen atoms in total. The van der Waals surface area contributed by atoms with Gasteiger partial charge in [-0.3, -0.25) is 27.7 Å². The van der Waals surface area contributed by atoms with E-state index in [9.17, 15) is 53.1 Å². The molecule has 28 heteroatoms. The molecule has 0 aromatic carbocycles. The van der Waals surface area contributed by atoms with Gasteiger partial charge in [0, 0.05) is 30.7 Å². The van der Waals surface area contributed by atoms with Gasteiger partial charge in [-0.2, -0.15) is 4.31 Å². The number of amides is 2. The summed E-state index contributed by atoms with van der Waals surface area (Å²) in [4.78, 5) is 74.7. The standard InChI is InChI=1S/C21H36N7O17P3S.CH4/c1-21(2,16(31)19(32)24-4-3-12(29)23-5-6-49-40)8-42-48(38,39)45-47(36,37)41-7-11-15(44-46(33,34)35)14(30)20(43-11)28-10-27-13-17(22)25-9-26-18(13)28;/h9-11,14-16,20,30-31,40H,3-8H2,1-2H3,(H,23,29)(H,24,32)(H,36,37)(H,38,39)(H2,22,25,26)(H2,33,34,35);1H4/t11-,14-,15-,16+,20-;/m1./s1. The Bertz CT molecular complexity index is 1610. The number of nitrogens with zero attached hydrogens (tertiary/aromatic N) is 4. The fourth-order valence-corrected chi connectivity index (χ4v) is 7.20. The summed E-state index contributed by atoms with van der Waals surface area (Å²) in [7, 11) is -16.3. The lowest BCUT2D eigenvalue weighted by atomic mass is 9.87. The maximum absolute atomic E-state index is 12.6. The zero-order valence-electron chi connectivity index (χ0n) is 25.6. The molecular formula is C22H40N7O17P3S. The molecule has 1 fully saturated rings. The minimum absolute atomic E-state index is 0. The Balaban J connectivity index is 0.00000867. The molecule has 1 saturated heterocycles. The lowest BCUT2D eigenvalue weighted by Crippen LogP contribution is -2.46. The zero-order chi connectivity index (χ0) is 36.8. The Hall–Kier alpha value is -2.15. The Morgan fingerprint density at radius 3 is 2.40 bits per heavy atom. The van der Waals surface area contributed by atoms with Crippen molar-refractivity contribution in [3.05, 3.63) is 12.7 Å². The fourth-order valence-electron chi connectivity index (χ4n) is 4.18. The average Bonchev–Trinajstić information content (AvgIpc) is 3.55. The van der Waals surface area contributed by atoms with Crippen molar-refractivity contribution in [1.29, 1.82) is 0 Å². The van der Waals surface area contributed by atoms with E-state index in [-0.39, 0.29) is 49.7 Å². The monoisotopic (exact) mass is 799 g/mol. The van der Waals surface area contributed by atoms with Crippen LogP contribution in [0.1, 0.15) is 33.9 Å². The van der Waals surface area contributed by atoms with Crippen molar-refractivity contribution >= 4 is 64.3 Å². The number of imidazole rings is 1. The van der Waals surface area contributed by atoms with Crippen molar-refractivity contribution in [2.75, 3.05) is 37.8 Å². The molecule has 2 aromatic heterocycles. The van der Waals surface area contributed by atoms with Crippen LogP contribution in [0.5, 0.6) is 0 Å². The fraction of sp³-hybridized carbons (Fsp3) is 0.682. The highest BCUT2D eigenvalue weighted by Crippen LogP contribution is 2.61. The van der Waals surface area contributed by atoms with Crippen molar-refractivity contribution < 1.29 is 80.2 Å². The molecule has 3 rings (SSSR count). The summed E-state index contributed by atoms with van der Waals surface area (Å²) in [6.45, 7) is 0.501. The van der Waals surface area contributed by atoms with E-state index in [1.165, 1.54) is 13.8 Å². The predicted octanol–water partition coefficient (Wildman–Crippen LogP) is -0.753. The highest BCUT2D eigenvalue weighted by atomic mass is 32.2. The molecule has 2 unspecified atom stereocenters. The molecular weight excluding hydrogens is 759 g/mol. The minimum atomic E-state index is -5.55. The third-order valence-corrected chi connectivity index (χ3v) is 10.1. The number of ether oxygens (including phenoxy) is 1. The number of fused-ring (bicyclic) bond motifs is 1. The van der Waals surface area contributed by atoms with Gasteiger partial charge in [-0.1, -0.05) is 21.3 Å². The van der Waals surface area contributed by atoms with Crippen LogP contribution >= 0.6 is 35.5 Å². The number of hydrogen-bond donors (Lipinski definition) is 10. The zero-order valence-corrected chi connectivity index (χ0v) is 29.1. The normalized spacial score (nSPS) is 22.7. The molecule has 0 aliphatic carbocycles. The van der Waals surface area contributed by atoms with E-state index >= 15 is 0 Å². The number of nitrogens with two attached hydrogens (primary N) is 1. The van der Waals surface area contributed by atoms with Crippen LogP contribution in [-0.2, 0) is 45.9 Å². The van der Waals surface area contributed by atoms with E-state index in [2.05, 4.69) is 34.4 Å². The average molecular weight is 800 g/mol. The summed E-state index contributed by atoms with van der Waals surface area (Å²) < 4.78 is 70.3. The van der Waals surface area contributed by atoms with Gasteiger partial charge in [-0.15, -0.1) is 0 Å². The number of rotatable bonds is 19. The van der Waals surface area contributed by atoms with Crippen molar-refractivity contribution in [2.45, 2.75) is 58.3 Å². The van der Waals surface area contributed by atoms with E-state index in [0.29, 0.717) is 12.0 Å². The summed E-state index contributed by atoms with van der Waals surface area (Å²) in [5, 5.41) is 26.0. The molecule has 1 aliphatic rings. The van der Waals surface area contributed by atoms with Crippen LogP contribution in [0.2, 0.25) is 0 Å². The molecule has 11 N–H and O–H groups in total. The van der Waals surface area contributed by atoms with Gasteiger partial charge in [0.1, 0.15) is 36.3 Å². The molecule has 7 atom stereocenters. The Morgan fingerprint density at radius 1 is 1.10 bits per heavy atom. The first kappa shape index (κ1) is 44.0. The number of nitrogens with one attached hydrogen (secondary N) is 2. The topological polar surface area (TPSA) is 367 Å². The lowest BCUT2D eigenvalue weighted by Gasteiger charge is -2.30. The van der Waals surface area contributed by atoms with Gasteiger partial charge in [-0.25, -0.2) is 28.6 Å². The van der Waals surface area contributed by atoms with Gasteiger partial charge >= 0.3 is 23.5 Å². The third-order valence-electron chi connectivity index (χ3n) is 6.59. The van der Waals surface area contributed by atoms with E-state index in [4.69, 9.17) is 24.1 Å². The maximum Gasteiger partial charge on any atom is 0.481 e. The van der Waals surface area contributed by atoms with Gasteiger partial charge < -0.3 is 55.4 Å². The molecule has 0 spiro atoms. The molecule has 50 heavy (non-hydrogen) atoms. The summed E-state index contributed by atoms with van der Waals surface area (Å²) in [5.41, 5.74) is 4.27. The van der Waals surface area contributed by atoms with E-state index in [1.807, 2.05) is 0 Å². The van der Waals surface area contributed by atoms with Crippen molar-refractivity contribution in [3.63, 3.8) is 0 Å². The second-order valence-corrected chi connectivity index (χ2v) is 15.8. The van der Waals surface area contributed by atoms with Gasteiger partial charge in [-0.05, 0) is 12.0 Å².